The van der Waals surface area contributed by atoms with Crippen LogP contribution in [0.1, 0.15) is 23.6 Å². The molecule has 0 unspecified atom stereocenters. The minimum absolute atomic E-state index is 0.288. The van der Waals surface area contributed by atoms with E-state index in [0.717, 1.165) is 33.7 Å². The van der Waals surface area contributed by atoms with Crippen LogP contribution in [0.3, 0.4) is 0 Å². The summed E-state index contributed by atoms with van der Waals surface area (Å²) >= 11 is 7.40. The summed E-state index contributed by atoms with van der Waals surface area (Å²) in [6, 6.07) is 20.9. The van der Waals surface area contributed by atoms with Crippen LogP contribution in [0.25, 0.3) is 0 Å². The molecule has 0 radical (unpaired) electrons. The lowest BCUT2D eigenvalue weighted by atomic mass is 10.1. The highest BCUT2D eigenvalue weighted by molar-refractivity contribution is 8.04. The van der Waals surface area contributed by atoms with Crippen LogP contribution >= 0.6 is 23.4 Å². The molecule has 0 aliphatic carbocycles. The SMILES string of the molecule is CCc1ccccc1NC1=C(Sc2ccc(C)cc2)C(=O)N(c2ccc(Cl)cc2C)C1=O. The largest absolute Gasteiger partial charge is 0.350 e. The third-order valence-electron chi connectivity index (χ3n) is 5.34. The number of aryl methyl sites for hydroxylation is 3. The summed E-state index contributed by atoms with van der Waals surface area (Å²) in [5, 5.41) is 3.83. The van der Waals surface area contributed by atoms with E-state index in [-0.39, 0.29) is 17.5 Å². The topological polar surface area (TPSA) is 49.4 Å². The summed E-state index contributed by atoms with van der Waals surface area (Å²) in [7, 11) is 0. The van der Waals surface area contributed by atoms with Crippen molar-refractivity contribution in [3.8, 4) is 0 Å². The van der Waals surface area contributed by atoms with Gasteiger partial charge in [-0.25, -0.2) is 4.90 Å². The molecule has 4 nitrogen and oxygen atoms in total. The quantitative estimate of drug-likeness (QED) is 0.424. The van der Waals surface area contributed by atoms with E-state index in [2.05, 4.69) is 12.2 Å². The van der Waals surface area contributed by atoms with Gasteiger partial charge in [0.1, 0.15) is 10.6 Å². The summed E-state index contributed by atoms with van der Waals surface area (Å²) in [5.74, 6) is -0.719. The highest BCUT2D eigenvalue weighted by Gasteiger charge is 2.41. The Bertz CT molecular complexity index is 1230. The molecule has 2 amide bonds. The third kappa shape index (κ3) is 4.31. The Morgan fingerprint density at radius 3 is 2.34 bits per heavy atom. The average molecular weight is 463 g/mol. The Labute approximate surface area is 197 Å². The fraction of sp³-hybridized carbons (Fsp3) is 0.154. The van der Waals surface area contributed by atoms with Crippen LogP contribution in [-0.2, 0) is 16.0 Å². The maximum atomic E-state index is 13.6. The average Bonchev–Trinajstić information content (AvgIpc) is 3.00. The van der Waals surface area contributed by atoms with Crippen molar-refractivity contribution in [3.63, 3.8) is 0 Å². The normalized spacial score (nSPS) is 13.8. The van der Waals surface area contributed by atoms with E-state index in [1.807, 2.05) is 62.4 Å². The van der Waals surface area contributed by atoms with Crippen molar-refractivity contribution in [2.24, 2.45) is 0 Å². The number of thioether (sulfide) groups is 1. The molecule has 3 aromatic carbocycles. The molecule has 1 aliphatic rings. The molecule has 162 valence electrons. The number of para-hydroxylation sites is 1. The molecule has 3 aromatic rings. The molecular formula is C26H23ClN2O2S. The Morgan fingerprint density at radius 2 is 1.66 bits per heavy atom. The van der Waals surface area contributed by atoms with Crippen LogP contribution in [-0.4, -0.2) is 11.8 Å². The van der Waals surface area contributed by atoms with Crippen molar-refractivity contribution in [2.75, 3.05) is 10.2 Å². The second kappa shape index (κ2) is 9.23. The van der Waals surface area contributed by atoms with Gasteiger partial charge in [-0.3, -0.25) is 9.59 Å². The summed E-state index contributed by atoms with van der Waals surface area (Å²) in [5.41, 5.74) is 4.60. The number of carbonyl (C=O) groups is 2. The van der Waals surface area contributed by atoms with Crippen molar-refractivity contribution in [1.82, 2.24) is 0 Å². The molecule has 0 spiro atoms. The first-order chi connectivity index (χ1) is 15.4. The number of nitrogens with zero attached hydrogens (tertiary/aromatic N) is 1. The van der Waals surface area contributed by atoms with Crippen LogP contribution in [0.4, 0.5) is 11.4 Å². The molecule has 1 heterocycles. The predicted octanol–water partition coefficient (Wildman–Crippen LogP) is 6.51. The smallest absolute Gasteiger partial charge is 0.283 e. The number of anilines is 2. The van der Waals surface area contributed by atoms with Gasteiger partial charge in [-0.05, 0) is 67.8 Å². The fourth-order valence-electron chi connectivity index (χ4n) is 3.61. The summed E-state index contributed by atoms with van der Waals surface area (Å²) in [6.07, 6.45) is 0.805. The van der Waals surface area contributed by atoms with Gasteiger partial charge >= 0.3 is 0 Å². The lowest BCUT2D eigenvalue weighted by Gasteiger charge is -2.18. The van der Waals surface area contributed by atoms with Gasteiger partial charge in [0.05, 0.1) is 5.69 Å². The summed E-state index contributed by atoms with van der Waals surface area (Å²) in [6.45, 7) is 5.91. The first-order valence-corrected chi connectivity index (χ1v) is 11.6. The molecule has 32 heavy (non-hydrogen) atoms. The zero-order chi connectivity index (χ0) is 22.8. The second-order valence-electron chi connectivity index (χ2n) is 7.63. The highest BCUT2D eigenvalue weighted by atomic mass is 35.5. The zero-order valence-corrected chi connectivity index (χ0v) is 19.7. The number of nitrogens with one attached hydrogen (secondary N) is 1. The molecule has 0 fully saturated rings. The Hall–Kier alpha value is -3.02. The molecule has 0 saturated carbocycles. The molecular weight excluding hydrogens is 440 g/mol. The lowest BCUT2D eigenvalue weighted by molar-refractivity contribution is -0.120. The minimum atomic E-state index is -0.374. The molecule has 0 bridgehead atoms. The number of imide groups is 1. The Balaban J connectivity index is 1.78. The van der Waals surface area contributed by atoms with Gasteiger partial charge in [-0.1, -0.05) is 66.2 Å². The molecule has 0 atom stereocenters. The van der Waals surface area contributed by atoms with E-state index in [1.165, 1.54) is 16.7 Å². The molecule has 1 aliphatic heterocycles. The van der Waals surface area contributed by atoms with Crippen LogP contribution in [0.15, 0.2) is 82.2 Å². The first kappa shape index (κ1) is 22.2. The molecule has 0 aromatic heterocycles. The fourth-order valence-corrected chi connectivity index (χ4v) is 4.77. The van der Waals surface area contributed by atoms with Crippen LogP contribution in [0.5, 0.6) is 0 Å². The van der Waals surface area contributed by atoms with Gasteiger partial charge in [0.15, 0.2) is 0 Å². The number of halogens is 1. The number of rotatable bonds is 6. The third-order valence-corrected chi connectivity index (χ3v) is 6.67. The second-order valence-corrected chi connectivity index (χ2v) is 9.15. The summed E-state index contributed by atoms with van der Waals surface area (Å²) < 4.78 is 0. The lowest BCUT2D eigenvalue weighted by Crippen LogP contribution is -2.33. The number of benzene rings is 3. The van der Waals surface area contributed by atoms with Gasteiger partial charge in [-0.15, -0.1) is 0 Å². The van der Waals surface area contributed by atoms with E-state index < -0.39 is 0 Å². The Kier molecular flexibility index (Phi) is 6.40. The Morgan fingerprint density at radius 1 is 0.938 bits per heavy atom. The van der Waals surface area contributed by atoms with Crippen LogP contribution in [0, 0.1) is 13.8 Å². The van der Waals surface area contributed by atoms with Gasteiger partial charge in [0.2, 0.25) is 0 Å². The van der Waals surface area contributed by atoms with E-state index in [0.29, 0.717) is 15.6 Å². The van der Waals surface area contributed by atoms with Crippen LogP contribution < -0.4 is 10.2 Å². The molecule has 1 N–H and O–H groups in total. The van der Waals surface area contributed by atoms with Gasteiger partial charge < -0.3 is 5.32 Å². The van der Waals surface area contributed by atoms with E-state index in [4.69, 9.17) is 11.6 Å². The predicted molar refractivity (Wildman–Crippen MR) is 132 cm³/mol. The number of hydrogen-bond donors (Lipinski definition) is 1. The monoisotopic (exact) mass is 462 g/mol. The minimum Gasteiger partial charge on any atom is -0.350 e. The van der Waals surface area contributed by atoms with Crippen LogP contribution in [0.2, 0.25) is 5.02 Å². The first-order valence-electron chi connectivity index (χ1n) is 10.4. The van der Waals surface area contributed by atoms with Crippen molar-refractivity contribution < 1.29 is 9.59 Å². The number of amides is 2. The van der Waals surface area contributed by atoms with E-state index >= 15 is 0 Å². The van der Waals surface area contributed by atoms with Crippen molar-refractivity contribution >= 4 is 46.6 Å². The van der Waals surface area contributed by atoms with Crippen molar-refractivity contribution in [1.29, 1.82) is 0 Å². The molecule has 0 saturated heterocycles. The van der Waals surface area contributed by atoms with Gasteiger partial charge in [0, 0.05) is 15.6 Å². The summed E-state index contributed by atoms with van der Waals surface area (Å²) in [4.78, 5) is 29.6. The highest BCUT2D eigenvalue weighted by Crippen LogP contribution is 2.39. The van der Waals surface area contributed by atoms with E-state index in [9.17, 15) is 9.59 Å². The van der Waals surface area contributed by atoms with Crippen molar-refractivity contribution in [3.05, 3.63) is 99.0 Å². The zero-order valence-electron chi connectivity index (χ0n) is 18.1. The van der Waals surface area contributed by atoms with E-state index in [1.54, 1.807) is 18.2 Å². The maximum Gasteiger partial charge on any atom is 0.283 e. The van der Waals surface area contributed by atoms with Crippen molar-refractivity contribution in [2.45, 2.75) is 32.1 Å². The molecule has 4 rings (SSSR count). The maximum absolute atomic E-state index is 13.6. The van der Waals surface area contributed by atoms with Gasteiger partial charge in [0.25, 0.3) is 11.8 Å². The number of hydrogen-bond acceptors (Lipinski definition) is 4. The molecule has 6 heteroatoms. The standard InChI is InChI=1S/C26H23ClN2O2S/c1-4-18-7-5-6-8-21(18)28-23-24(32-20-12-9-16(2)10-13-20)26(31)29(25(23)30)22-14-11-19(27)15-17(22)3/h5-15,28H,4H2,1-3H3. The number of carbonyl (C=O) groups excluding carboxylic acids is 2. The van der Waals surface area contributed by atoms with Gasteiger partial charge in [-0.2, -0.15) is 0 Å².